The van der Waals surface area contributed by atoms with E-state index in [-0.39, 0.29) is 11.1 Å². The van der Waals surface area contributed by atoms with E-state index >= 15 is 0 Å². The first-order valence-electron chi connectivity index (χ1n) is 8.76. The summed E-state index contributed by atoms with van der Waals surface area (Å²) in [4.78, 5) is 20.9. The summed E-state index contributed by atoms with van der Waals surface area (Å²) in [7, 11) is 0. The molecule has 0 saturated heterocycles. The average molecular weight is 376 g/mol. The second-order valence-corrected chi connectivity index (χ2v) is 5.61. The van der Waals surface area contributed by atoms with Crippen LogP contribution in [0.2, 0.25) is 0 Å². The van der Waals surface area contributed by atoms with E-state index in [0.717, 1.165) is 6.42 Å². The molecule has 4 nitrogen and oxygen atoms in total. The van der Waals surface area contributed by atoms with Crippen LogP contribution < -0.4 is 0 Å². The van der Waals surface area contributed by atoms with Crippen LogP contribution in [0, 0.1) is 0 Å². The molecule has 0 unspecified atom stereocenters. The van der Waals surface area contributed by atoms with E-state index in [9.17, 15) is 9.59 Å². The van der Waals surface area contributed by atoms with Gasteiger partial charge >= 0.3 is 11.9 Å². The fraction of sp³-hybridized carbons (Fsp3) is 0.0833. The summed E-state index contributed by atoms with van der Waals surface area (Å²) in [6.07, 6.45) is 2.97. The molecule has 0 fully saturated rings. The van der Waals surface area contributed by atoms with E-state index in [4.69, 9.17) is 10.2 Å². The lowest BCUT2D eigenvalue weighted by atomic mass is 10.1. The molecule has 0 aliphatic heterocycles. The molecule has 3 aromatic rings. The zero-order chi connectivity index (χ0) is 20.8. The number of hydrogen-bond acceptors (Lipinski definition) is 2. The molecule has 2 N–H and O–H groups in total. The van der Waals surface area contributed by atoms with Crippen molar-refractivity contribution in [2.45, 2.75) is 13.3 Å². The molecule has 0 aliphatic carbocycles. The van der Waals surface area contributed by atoms with Crippen LogP contribution in [-0.2, 0) is 6.42 Å². The standard InChI is InChI=1S/C8H6O4.C8H10.C8H8/c9-7(10)5-3-1-2-4-6(5)8(11)12;2*1-2-8-6-4-3-5-7-8/h1-4H,(H,9,10)(H,11,12);3-7H,2H2,1H3;2-7H,1H2. The molecule has 0 radical (unpaired) electrons. The van der Waals surface area contributed by atoms with Crippen molar-refractivity contribution in [3.63, 3.8) is 0 Å². The van der Waals surface area contributed by atoms with Crippen LogP contribution in [0.5, 0.6) is 0 Å². The topological polar surface area (TPSA) is 74.6 Å². The van der Waals surface area contributed by atoms with Crippen molar-refractivity contribution in [1.29, 1.82) is 0 Å². The quantitative estimate of drug-likeness (QED) is 0.616. The van der Waals surface area contributed by atoms with Crippen LogP contribution in [0.15, 0.2) is 91.5 Å². The van der Waals surface area contributed by atoms with Crippen LogP contribution in [0.25, 0.3) is 6.08 Å². The van der Waals surface area contributed by atoms with Crippen molar-refractivity contribution in [2.24, 2.45) is 0 Å². The minimum absolute atomic E-state index is 0.190. The van der Waals surface area contributed by atoms with Crippen molar-refractivity contribution in [2.75, 3.05) is 0 Å². The Morgan fingerprint density at radius 3 is 1.43 bits per heavy atom. The number of rotatable bonds is 4. The number of carbonyl (C=O) groups is 2. The highest BCUT2D eigenvalue weighted by Gasteiger charge is 2.13. The van der Waals surface area contributed by atoms with Crippen molar-refractivity contribution in [3.8, 4) is 0 Å². The summed E-state index contributed by atoms with van der Waals surface area (Å²) in [5.74, 6) is -2.46. The summed E-state index contributed by atoms with van der Waals surface area (Å²) in [6.45, 7) is 5.79. The lowest BCUT2D eigenvalue weighted by molar-refractivity contribution is 0.0651. The molecule has 0 saturated carbocycles. The van der Waals surface area contributed by atoms with Gasteiger partial charge in [0.25, 0.3) is 0 Å². The summed E-state index contributed by atoms with van der Waals surface area (Å²) >= 11 is 0. The van der Waals surface area contributed by atoms with Crippen molar-refractivity contribution < 1.29 is 19.8 Å². The maximum Gasteiger partial charge on any atom is 0.336 e. The van der Waals surface area contributed by atoms with Gasteiger partial charge in [-0.2, -0.15) is 0 Å². The van der Waals surface area contributed by atoms with Gasteiger partial charge in [0.1, 0.15) is 0 Å². The molecular weight excluding hydrogens is 352 g/mol. The van der Waals surface area contributed by atoms with Gasteiger partial charge in [-0.15, -0.1) is 0 Å². The van der Waals surface area contributed by atoms with E-state index in [1.807, 2.05) is 42.5 Å². The highest BCUT2D eigenvalue weighted by Crippen LogP contribution is 2.07. The molecule has 3 rings (SSSR count). The van der Waals surface area contributed by atoms with E-state index in [2.05, 4.69) is 37.8 Å². The molecule has 0 aliphatic rings. The zero-order valence-corrected chi connectivity index (χ0v) is 15.8. The first-order chi connectivity index (χ1) is 13.5. The average Bonchev–Trinajstić information content (AvgIpc) is 2.75. The molecule has 4 heteroatoms. The van der Waals surface area contributed by atoms with E-state index in [1.54, 1.807) is 0 Å². The minimum Gasteiger partial charge on any atom is -0.478 e. The third-order valence-corrected chi connectivity index (χ3v) is 3.67. The van der Waals surface area contributed by atoms with Gasteiger partial charge in [0.05, 0.1) is 11.1 Å². The third kappa shape index (κ3) is 8.15. The molecule has 0 amide bonds. The van der Waals surface area contributed by atoms with Crippen molar-refractivity contribution >= 4 is 18.0 Å². The predicted octanol–water partition coefficient (Wildman–Crippen LogP) is 5.66. The Labute approximate surface area is 165 Å². The smallest absolute Gasteiger partial charge is 0.336 e. The van der Waals surface area contributed by atoms with Crippen LogP contribution in [0.4, 0.5) is 0 Å². The van der Waals surface area contributed by atoms with E-state index in [1.165, 1.54) is 35.4 Å². The third-order valence-electron chi connectivity index (χ3n) is 3.67. The number of hydrogen-bond donors (Lipinski definition) is 2. The Balaban J connectivity index is 0.000000217. The Kier molecular flexibility index (Phi) is 10.1. The van der Waals surface area contributed by atoms with Crippen LogP contribution in [0.3, 0.4) is 0 Å². The lowest BCUT2D eigenvalue weighted by Crippen LogP contribution is -2.06. The van der Waals surface area contributed by atoms with Gasteiger partial charge < -0.3 is 10.2 Å². The highest BCUT2D eigenvalue weighted by atomic mass is 16.4. The van der Waals surface area contributed by atoms with E-state index < -0.39 is 11.9 Å². The number of aromatic carboxylic acids is 2. The molecule has 28 heavy (non-hydrogen) atoms. The number of aryl methyl sites for hydroxylation is 1. The largest absolute Gasteiger partial charge is 0.478 e. The fourth-order valence-corrected chi connectivity index (χ4v) is 2.16. The van der Waals surface area contributed by atoms with Gasteiger partial charge in [-0.25, -0.2) is 9.59 Å². The molecule has 0 bridgehead atoms. The summed E-state index contributed by atoms with van der Waals surface area (Å²) in [6, 6.07) is 26.0. The summed E-state index contributed by atoms with van der Waals surface area (Å²) in [5, 5.41) is 17.1. The molecular formula is C24H24O4. The maximum absolute atomic E-state index is 10.5. The maximum atomic E-state index is 10.5. The molecule has 0 heterocycles. The fourth-order valence-electron chi connectivity index (χ4n) is 2.16. The van der Waals surface area contributed by atoms with E-state index in [0.29, 0.717) is 0 Å². The summed E-state index contributed by atoms with van der Waals surface area (Å²) in [5.41, 5.74) is 2.20. The predicted molar refractivity (Wildman–Crippen MR) is 113 cm³/mol. The Bertz CT molecular complexity index is 838. The van der Waals surface area contributed by atoms with Crippen molar-refractivity contribution in [3.05, 3.63) is 114 Å². The lowest BCUT2D eigenvalue weighted by Gasteiger charge is -1.98. The molecule has 144 valence electrons. The van der Waals surface area contributed by atoms with Crippen molar-refractivity contribution in [1.82, 2.24) is 0 Å². The van der Waals surface area contributed by atoms with Gasteiger partial charge in [0, 0.05) is 0 Å². The molecule has 0 spiro atoms. The zero-order valence-electron chi connectivity index (χ0n) is 15.8. The monoisotopic (exact) mass is 376 g/mol. The number of carboxylic acids is 2. The Morgan fingerprint density at radius 2 is 1.14 bits per heavy atom. The van der Waals surface area contributed by atoms with Crippen LogP contribution in [-0.4, -0.2) is 22.2 Å². The van der Waals surface area contributed by atoms with Gasteiger partial charge in [0.15, 0.2) is 0 Å². The molecule has 0 aromatic heterocycles. The van der Waals surface area contributed by atoms with Gasteiger partial charge in [-0.3, -0.25) is 0 Å². The van der Waals surface area contributed by atoms with Gasteiger partial charge in [0.2, 0.25) is 0 Å². The Hall–Kier alpha value is -3.66. The highest BCUT2D eigenvalue weighted by molar-refractivity contribution is 6.01. The van der Waals surface area contributed by atoms with Crippen LogP contribution in [0.1, 0.15) is 38.8 Å². The summed E-state index contributed by atoms with van der Waals surface area (Å²) < 4.78 is 0. The van der Waals surface area contributed by atoms with Gasteiger partial charge in [-0.1, -0.05) is 92.4 Å². The normalized spacial score (nSPS) is 9.04. The molecule has 0 atom stereocenters. The first kappa shape index (κ1) is 22.4. The molecule has 3 aromatic carbocycles. The SMILES string of the molecule is C=Cc1ccccc1.CCc1ccccc1.O=C(O)c1ccccc1C(=O)O. The van der Waals surface area contributed by atoms with Crippen LogP contribution >= 0.6 is 0 Å². The number of carboxylic acid groups (broad SMARTS) is 2. The second-order valence-electron chi connectivity index (χ2n) is 5.61. The van der Waals surface area contributed by atoms with Gasteiger partial charge in [-0.05, 0) is 29.7 Å². The second kappa shape index (κ2) is 12.7. The Morgan fingerprint density at radius 1 is 0.750 bits per heavy atom. The first-order valence-corrected chi connectivity index (χ1v) is 8.76. The number of benzene rings is 3. The minimum atomic E-state index is -1.23.